The maximum absolute atomic E-state index is 6.22. The zero-order chi connectivity index (χ0) is 12.3. The summed E-state index contributed by atoms with van der Waals surface area (Å²) >= 11 is 9.34. The van der Waals surface area contributed by atoms with Crippen LogP contribution in [-0.4, -0.2) is 16.7 Å². The highest BCUT2D eigenvalue weighted by Crippen LogP contribution is 2.37. The summed E-state index contributed by atoms with van der Waals surface area (Å²) in [5.74, 6) is 0. The molecule has 2 N–H and O–H groups in total. The molecule has 90 valence electrons. The minimum Gasteiger partial charge on any atom is -0.330 e. The molecule has 0 spiro atoms. The largest absolute Gasteiger partial charge is 0.330 e. The number of rotatable bonds is 4. The van der Waals surface area contributed by atoms with Crippen molar-refractivity contribution in [3.8, 4) is 0 Å². The number of aryl methyl sites for hydroxylation is 1. The summed E-state index contributed by atoms with van der Waals surface area (Å²) in [6, 6.07) is 5.88. The molecule has 0 atom stereocenters. The van der Waals surface area contributed by atoms with Crippen LogP contribution in [0.5, 0.6) is 0 Å². The number of aromatic nitrogens is 2. The summed E-state index contributed by atoms with van der Waals surface area (Å²) in [6.07, 6.45) is 0.820. The van der Waals surface area contributed by atoms with Crippen LogP contribution in [0.2, 0.25) is 5.02 Å². The van der Waals surface area contributed by atoms with Crippen LogP contribution in [0.15, 0.2) is 27.4 Å². The molecule has 0 bridgehead atoms. The van der Waals surface area contributed by atoms with Crippen LogP contribution in [-0.2, 0) is 6.42 Å². The molecule has 1 aromatic carbocycles. The predicted octanol–water partition coefficient (Wildman–Crippen LogP) is 3.15. The first-order valence-corrected chi connectivity index (χ1v) is 7.17. The van der Waals surface area contributed by atoms with Crippen LogP contribution >= 0.6 is 34.7 Å². The Hall–Kier alpha value is -0.620. The smallest absolute Gasteiger partial charge is 0.179 e. The van der Waals surface area contributed by atoms with E-state index in [1.54, 1.807) is 23.1 Å². The Morgan fingerprint density at radius 1 is 1.41 bits per heavy atom. The van der Waals surface area contributed by atoms with Gasteiger partial charge in [0.15, 0.2) is 4.34 Å². The van der Waals surface area contributed by atoms with Crippen molar-refractivity contribution in [1.82, 2.24) is 10.2 Å². The van der Waals surface area contributed by atoms with Gasteiger partial charge < -0.3 is 5.73 Å². The van der Waals surface area contributed by atoms with E-state index in [1.165, 1.54) is 0 Å². The van der Waals surface area contributed by atoms with Crippen LogP contribution in [0.1, 0.15) is 10.6 Å². The molecule has 2 aromatic rings. The Morgan fingerprint density at radius 2 is 2.24 bits per heavy atom. The maximum atomic E-state index is 6.22. The lowest BCUT2D eigenvalue weighted by Crippen LogP contribution is -2.03. The van der Waals surface area contributed by atoms with E-state index >= 15 is 0 Å². The summed E-state index contributed by atoms with van der Waals surface area (Å²) in [6.45, 7) is 2.55. The molecule has 17 heavy (non-hydrogen) atoms. The quantitative estimate of drug-likeness (QED) is 0.937. The Kier molecular flexibility index (Phi) is 4.39. The van der Waals surface area contributed by atoms with E-state index < -0.39 is 0 Å². The summed E-state index contributed by atoms with van der Waals surface area (Å²) < 4.78 is 0.911. The summed E-state index contributed by atoms with van der Waals surface area (Å²) in [5, 5.41) is 9.80. The highest BCUT2D eigenvalue weighted by molar-refractivity contribution is 8.01. The highest BCUT2D eigenvalue weighted by Gasteiger charge is 2.11. The number of halogens is 1. The molecule has 6 heteroatoms. The van der Waals surface area contributed by atoms with E-state index in [-0.39, 0.29) is 0 Å². The second-order valence-corrected chi connectivity index (χ2v) is 6.30. The fourth-order valence-corrected chi connectivity index (χ4v) is 3.65. The minimum atomic E-state index is 0.614. The third-order valence-corrected chi connectivity index (χ3v) is 4.66. The predicted molar refractivity (Wildman–Crippen MR) is 73.0 cm³/mol. The van der Waals surface area contributed by atoms with Crippen LogP contribution < -0.4 is 5.73 Å². The van der Waals surface area contributed by atoms with Crippen molar-refractivity contribution in [3.63, 3.8) is 0 Å². The number of hydrogen-bond acceptors (Lipinski definition) is 5. The first kappa shape index (κ1) is 12.8. The van der Waals surface area contributed by atoms with Gasteiger partial charge in [-0.1, -0.05) is 46.8 Å². The zero-order valence-electron chi connectivity index (χ0n) is 9.31. The van der Waals surface area contributed by atoms with Crippen molar-refractivity contribution >= 4 is 34.7 Å². The maximum Gasteiger partial charge on any atom is 0.179 e. The van der Waals surface area contributed by atoms with E-state index in [9.17, 15) is 0 Å². The van der Waals surface area contributed by atoms with E-state index in [0.29, 0.717) is 6.54 Å². The van der Waals surface area contributed by atoms with Gasteiger partial charge in [-0.05, 0) is 31.5 Å². The normalized spacial score (nSPS) is 10.8. The number of hydrogen-bond donors (Lipinski definition) is 1. The summed E-state index contributed by atoms with van der Waals surface area (Å²) in [5.41, 5.74) is 6.76. The lowest BCUT2D eigenvalue weighted by Gasteiger charge is -2.08. The van der Waals surface area contributed by atoms with Crippen molar-refractivity contribution in [1.29, 1.82) is 0 Å². The fourth-order valence-electron chi connectivity index (χ4n) is 1.43. The zero-order valence-corrected chi connectivity index (χ0v) is 11.7. The first-order valence-electron chi connectivity index (χ1n) is 5.16. The molecule has 0 fully saturated rings. The fraction of sp³-hybridized carbons (Fsp3) is 0.273. The van der Waals surface area contributed by atoms with Gasteiger partial charge in [-0.25, -0.2) is 0 Å². The second-order valence-electron chi connectivity index (χ2n) is 3.46. The molecule has 0 aliphatic heterocycles. The summed E-state index contributed by atoms with van der Waals surface area (Å²) in [4.78, 5) is 1.04. The molecule has 0 aliphatic carbocycles. The molecule has 0 aliphatic rings. The van der Waals surface area contributed by atoms with Crippen LogP contribution in [0.3, 0.4) is 0 Å². The third-order valence-electron chi connectivity index (χ3n) is 2.16. The Morgan fingerprint density at radius 3 is 2.88 bits per heavy atom. The molecule has 0 saturated heterocycles. The van der Waals surface area contributed by atoms with Crippen LogP contribution in [0, 0.1) is 6.92 Å². The van der Waals surface area contributed by atoms with E-state index in [0.717, 1.165) is 31.2 Å². The number of benzene rings is 1. The molecule has 2 rings (SSSR count). The standard InChI is InChI=1S/C11H12ClN3S2/c1-7-14-15-11(16-7)17-10-8(5-6-13)3-2-4-9(10)12/h2-4H,5-6,13H2,1H3. The average Bonchev–Trinajstić information content (AvgIpc) is 2.70. The van der Waals surface area contributed by atoms with Gasteiger partial charge in [-0.2, -0.15) is 0 Å². The van der Waals surface area contributed by atoms with Gasteiger partial charge in [-0.15, -0.1) is 10.2 Å². The second kappa shape index (κ2) is 5.82. The first-order chi connectivity index (χ1) is 8.20. The Bertz CT molecular complexity index is 513. The van der Waals surface area contributed by atoms with Gasteiger partial charge in [0.1, 0.15) is 5.01 Å². The van der Waals surface area contributed by atoms with E-state index in [1.807, 2.05) is 19.1 Å². The number of nitrogens with two attached hydrogens (primary N) is 1. The lowest BCUT2D eigenvalue weighted by molar-refractivity contribution is 0.942. The lowest BCUT2D eigenvalue weighted by atomic mass is 10.1. The van der Waals surface area contributed by atoms with Gasteiger partial charge in [0.05, 0.1) is 5.02 Å². The molecule has 1 aromatic heterocycles. The molecule has 3 nitrogen and oxygen atoms in total. The molecular formula is C11H12ClN3S2. The Labute approximate surface area is 113 Å². The number of nitrogens with zero attached hydrogens (tertiary/aromatic N) is 2. The highest BCUT2D eigenvalue weighted by atomic mass is 35.5. The SMILES string of the molecule is Cc1nnc(Sc2c(Cl)cccc2CCN)s1. The van der Waals surface area contributed by atoms with Gasteiger partial charge in [0, 0.05) is 4.90 Å². The minimum absolute atomic E-state index is 0.614. The molecular weight excluding hydrogens is 274 g/mol. The van der Waals surface area contributed by atoms with E-state index in [4.69, 9.17) is 17.3 Å². The monoisotopic (exact) mass is 285 g/mol. The van der Waals surface area contributed by atoms with Gasteiger partial charge in [0.25, 0.3) is 0 Å². The average molecular weight is 286 g/mol. The van der Waals surface area contributed by atoms with Crippen molar-refractivity contribution in [3.05, 3.63) is 33.8 Å². The molecule has 0 amide bonds. The van der Waals surface area contributed by atoms with Crippen molar-refractivity contribution in [2.45, 2.75) is 22.6 Å². The molecule has 0 saturated carbocycles. The third kappa shape index (κ3) is 3.19. The van der Waals surface area contributed by atoms with Gasteiger partial charge in [0.2, 0.25) is 0 Å². The van der Waals surface area contributed by atoms with Gasteiger partial charge >= 0.3 is 0 Å². The Balaban J connectivity index is 2.30. The van der Waals surface area contributed by atoms with Crippen molar-refractivity contribution in [2.24, 2.45) is 5.73 Å². The van der Waals surface area contributed by atoms with Gasteiger partial charge in [-0.3, -0.25) is 0 Å². The van der Waals surface area contributed by atoms with Crippen LogP contribution in [0.4, 0.5) is 0 Å². The topological polar surface area (TPSA) is 51.8 Å². The van der Waals surface area contributed by atoms with Crippen molar-refractivity contribution in [2.75, 3.05) is 6.54 Å². The molecule has 0 radical (unpaired) electrons. The van der Waals surface area contributed by atoms with Crippen LogP contribution in [0.25, 0.3) is 0 Å². The van der Waals surface area contributed by atoms with E-state index in [2.05, 4.69) is 16.3 Å². The molecule has 1 heterocycles. The van der Waals surface area contributed by atoms with Crippen molar-refractivity contribution < 1.29 is 0 Å². The summed E-state index contributed by atoms with van der Waals surface area (Å²) in [7, 11) is 0. The molecule has 0 unspecified atom stereocenters.